The van der Waals surface area contributed by atoms with Gasteiger partial charge in [-0.3, -0.25) is 19.9 Å². The Hall–Kier alpha value is -3.44. The Bertz CT molecular complexity index is 1220. The van der Waals surface area contributed by atoms with E-state index in [0.717, 1.165) is 0 Å². The van der Waals surface area contributed by atoms with Crippen molar-refractivity contribution < 1.29 is 19.6 Å². The third kappa shape index (κ3) is 3.52. The summed E-state index contributed by atoms with van der Waals surface area (Å²) in [4.78, 5) is 41.5. The standard InChI is InChI=1S/C17H14N4O6S/c1-27-6-5-20-14-13(15(22)19-17(20)28)11(16(23)24)8-12(18-14)9-3-2-4-10(7-9)21(25)26/h2-4,7-8H,5-6H2,1H3,(H,23,24)(H,19,22,28). The zero-order chi connectivity index (χ0) is 20.4. The van der Waals surface area contributed by atoms with Crippen molar-refractivity contribution in [1.82, 2.24) is 14.5 Å². The molecule has 2 heterocycles. The van der Waals surface area contributed by atoms with E-state index in [9.17, 15) is 24.8 Å². The number of fused-ring (bicyclic) bond motifs is 1. The van der Waals surface area contributed by atoms with Crippen molar-refractivity contribution in [2.24, 2.45) is 0 Å². The third-order valence-electron chi connectivity index (χ3n) is 4.05. The van der Waals surface area contributed by atoms with E-state index in [1.165, 1.54) is 35.9 Å². The maximum absolute atomic E-state index is 12.4. The monoisotopic (exact) mass is 402 g/mol. The normalized spacial score (nSPS) is 10.9. The molecule has 11 heteroatoms. The molecule has 2 N–H and O–H groups in total. The number of ether oxygens (including phenoxy) is 1. The van der Waals surface area contributed by atoms with Crippen LogP contribution in [0.4, 0.5) is 5.69 Å². The Labute approximate surface area is 162 Å². The molecule has 0 aliphatic carbocycles. The van der Waals surface area contributed by atoms with Crippen LogP contribution in [0.1, 0.15) is 10.4 Å². The quantitative estimate of drug-likeness (QED) is 0.364. The van der Waals surface area contributed by atoms with Gasteiger partial charge in [-0.25, -0.2) is 9.78 Å². The maximum Gasteiger partial charge on any atom is 0.336 e. The SMILES string of the molecule is COCCn1c(=S)[nH]c(=O)c2c(C(=O)O)cc(-c3cccc([N+](=O)[O-])c3)nc21. The second-order valence-corrected chi connectivity index (χ2v) is 6.16. The molecule has 1 aromatic carbocycles. The number of H-pyrrole nitrogens is 1. The number of pyridine rings is 1. The van der Waals surface area contributed by atoms with Crippen molar-refractivity contribution in [2.45, 2.75) is 6.54 Å². The summed E-state index contributed by atoms with van der Waals surface area (Å²) in [6, 6.07) is 6.83. The minimum atomic E-state index is -1.33. The number of carboxylic acid groups (broad SMARTS) is 1. The number of aromatic amines is 1. The molecule has 0 spiro atoms. The van der Waals surface area contributed by atoms with Gasteiger partial charge in [-0.05, 0) is 18.3 Å². The van der Waals surface area contributed by atoms with Crippen molar-refractivity contribution in [3.05, 3.63) is 61.1 Å². The summed E-state index contributed by atoms with van der Waals surface area (Å²) in [5.74, 6) is -1.33. The van der Waals surface area contributed by atoms with Crippen LogP contribution in [-0.2, 0) is 11.3 Å². The summed E-state index contributed by atoms with van der Waals surface area (Å²) in [7, 11) is 1.49. The number of hydrogen-bond acceptors (Lipinski definition) is 7. The third-order valence-corrected chi connectivity index (χ3v) is 4.37. The van der Waals surface area contributed by atoms with Crippen molar-refractivity contribution in [3.63, 3.8) is 0 Å². The van der Waals surface area contributed by atoms with Crippen LogP contribution in [0, 0.1) is 14.9 Å². The molecule has 0 amide bonds. The molecule has 0 bridgehead atoms. The molecule has 2 aromatic heterocycles. The number of nitro groups is 1. The molecule has 3 rings (SSSR count). The number of nitrogens with one attached hydrogen (secondary N) is 1. The van der Waals surface area contributed by atoms with E-state index in [-0.39, 0.29) is 45.9 Å². The first-order valence-corrected chi connectivity index (χ1v) is 8.39. The number of methoxy groups -OCH3 is 1. The summed E-state index contributed by atoms with van der Waals surface area (Å²) in [5.41, 5.74) is -0.563. The summed E-state index contributed by atoms with van der Waals surface area (Å²) in [6.07, 6.45) is 0. The Balaban J connectivity index is 2.39. The highest BCUT2D eigenvalue weighted by atomic mass is 32.1. The van der Waals surface area contributed by atoms with Gasteiger partial charge in [-0.15, -0.1) is 0 Å². The van der Waals surface area contributed by atoms with Gasteiger partial charge in [-0.2, -0.15) is 0 Å². The summed E-state index contributed by atoms with van der Waals surface area (Å²) in [6.45, 7) is 0.480. The first-order chi connectivity index (χ1) is 13.3. The number of aromatic nitrogens is 3. The topological polar surface area (TPSA) is 140 Å². The number of carboxylic acids is 1. The maximum atomic E-state index is 12.4. The molecule has 0 atom stereocenters. The molecule has 0 saturated heterocycles. The minimum Gasteiger partial charge on any atom is -0.478 e. The van der Waals surface area contributed by atoms with Crippen molar-refractivity contribution >= 4 is 34.9 Å². The number of nitrogens with zero attached hydrogens (tertiary/aromatic N) is 3. The molecular weight excluding hydrogens is 388 g/mol. The number of nitro benzene ring substituents is 1. The lowest BCUT2D eigenvalue weighted by atomic mass is 10.1. The van der Waals surface area contributed by atoms with E-state index in [1.54, 1.807) is 6.07 Å². The van der Waals surface area contributed by atoms with E-state index >= 15 is 0 Å². The largest absolute Gasteiger partial charge is 0.478 e. The zero-order valence-corrected chi connectivity index (χ0v) is 15.4. The predicted molar refractivity (Wildman–Crippen MR) is 102 cm³/mol. The number of aromatic carboxylic acids is 1. The van der Waals surface area contributed by atoms with E-state index in [0.29, 0.717) is 5.56 Å². The van der Waals surface area contributed by atoms with Gasteiger partial charge in [0.05, 0.1) is 34.7 Å². The fraction of sp³-hybridized carbons (Fsp3) is 0.176. The molecule has 0 radical (unpaired) electrons. The van der Waals surface area contributed by atoms with Gasteiger partial charge in [0.1, 0.15) is 5.65 Å². The molecule has 3 aromatic rings. The van der Waals surface area contributed by atoms with Gasteiger partial charge in [0, 0.05) is 24.8 Å². The number of benzene rings is 1. The molecule has 0 unspecified atom stereocenters. The molecule has 28 heavy (non-hydrogen) atoms. The van der Waals surface area contributed by atoms with Gasteiger partial charge >= 0.3 is 5.97 Å². The highest BCUT2D eigenvalue weighted by molar-refractivity contribution is 7.71. The highest BCUT2D eigenvalue weighted by Crippen LogP contribution is 2.26. The number of non-ortho nitro benzene ring substituents is 1. The molecule has 0 aliphatic heterocycles. The van der Waals surface area contributed by atoms with Crippen LogP contribution in [-0.4, -0.2) is 44.3 Å². The summed E-state index contributed by atoms with van der Waals surface area (Å²) < 4.78 is 6.56. The van der Waals surface area contributed by atoms with Crippen LogP contribution in [0.3, 0.4) is 0 Å². The van der Waals surface area contributed by atoms with Crippen LogP contribution < -0.4 is 5.56 Å². The van der Waals surface area contributed by atoms with Gasteiger partial charge in [0.2, 0.25) is 0 Å². The molecule has 144 valence electrons. The molecule has 0 aliphatic rings. The van der Waals surface area contributed by atoms with Gasteiger partial charge in [-0.1, -0.05) is 12.1 Å². The fourth-order valence-corrected chi connectivity index (χ4v) is 3.03. The van der Waals surface area contributed by atoms with Crippen LogP contribution >= 0.6 is 12.2 Å². The summed E-state index contributed by atoms with van der Waals surface area (Å²) in [5, 5.41) is 20.5. The van der Waals surface area contributed by atoms with E-state index in [4.69, 9.17) is 17.0 Å². The van der Waals surface area contributed by atoms with Crippen LogP contribution in [0.15, 0.2) is 35.1 Å². The van der Waals surface area contributed by atoms with Crippen molar-refractivity contribution in [1.29, 1.82) is 0 Å². The number of carbonyl (C=O) groups is 1. The first-order valence-electron chi connectivity index (χ1n) is 7.98. The Morgan fingerprint density at radius 2 is 2.18 bits per heavy atom. The number of hydrogen-bond donors (Lipinski definition) is 2. The van der Waals surface area contributed by atoms with Gasteiger partial charge < -0.3 is 14.4 Å². The molecular formula is C17H14N4O6S. The lowest BCUT2D eigenvalue weighted by Crippen LogP contribution is -2.20. The smallest absolute Gasteiger partial charge is 0.336 e. The fourth-order valence-electron chi connectivity index (χ4n) is 2.76. The second kappa shape index (κ2) is 7.66. The lowest BCUT2D eigenvalue weighted by molar-refractivity contribution is -0.384. The first kappa shape index (κ1) is 19.3. The van der Waals surface area contributed by atoms with Crippen molar-refractivity contribution in [3.8, 4) is 11.3 Å². The number of rotatable bonds is 6. The Kier molecular flexibility index (Phi) is 5.29. The summed E-state index contributed by atoms with van der Waals surface area (Å²) >= 11 is 5.18. The van der Waals surface area contributed by atoms with Crippen LogP contribution in [0.2, 0.25) is 0 Å². The molecule has 0 saturated carbocycles. The average Bonchev–Trinajstić information content (AvgIpc) is 2.66. The van der Waals surface area contributed by atoms with Crippen LogP contribution in [0.25, 0.3) is 22.3 Å². The predicted octanol–water partition coefficient (Wildman–Crippen LogP) is 2.37. The van der Waals surface area contributed by atoms with Crippen LogP contribution in [0.5, 0.6) is 0 Å². The van der Waals surface area contributed by atoms with Crippen molar-refractivity contribution in [2.75, 3.05) is 13.7 Å². The van der Waals surface area contributed by atoms with E-state index in [2.05, 4.69) is 9.97 Å². The molecule has 10 nitrogen and oxygen atoms in total. The Morgan fingerprint density at radius 3 is 2.82 bits per heavy atom. The second-order valence-electron chi connectivity index (χ2n) is 5.77. The highest BCUT2D eigenvalue weighted by Gasteiger charge is 2.19. The Morgan fingerprint density at radius 1 is 1.43 bits per heavy atom. The van der Waals surface area contributed by atoms with E-state index in [1.807, 2.05) is 0 Å². The lowest BCUT2D eigenvalue weighted by Gasteiger charge is -2.13. The molecule has 0 fully saturated rings. The van der Waals surface area contributed by atoms with Gasteiger partial charge in [0.25, 0.3) is 11.2 Å². The van der Waals surface area contributed by atoms with Gasteiger partial charge in [0.15, 0.2) is 4.77 Å². The van der Waals surface area contributed by atoms with E-state index < -0.39 is 16.5 Å². The minimum absolute atomic E-state index is 0.0622. The zero-order valence-electron chi connectivity index (χ0n) is 14.5. The average molecular weight is 402 g/mol.